The number of rotatable bonds is 5. The number of aliphatic hydroxyl groups excluding tert-OH is 2. The Morgan fingerprint density at radius 1 is 1.22 bits per heavy atom. The minimum absolute atomic E-state index is 0.153. The van der Waals surface area contributed by atoms with E-state index in [-0.39, 0.29) is 12.0 Å². The van der Waals surface area contributed by atoms with Crippen molar-refractivity contribution in [1.82, 2.24) is 0 Å². The first-order valence-corrected chi connectivity index (χ1v) is 5.77. The van der Waals surface area contributed by atoms with Crippen molar-refractivity contribution in [2.24, 2.45) is 0 Å². The van der Waals surface area contributed by atoms with Gasteiger partial charge in [-0.25, -0.2) is 4.79 Å². The van der Waals surface area contributed by atoms with E-state index in [2.05, 4.69) is 12.6 Å². The Balaban J connectivity index is 3.15. The maximum Gasteiger partial charge on any atom is 0.339 e. The summed E-state index contributed by atoms with van der Waals surface area (Å²) in [5.41, 5.74) is -0.612. The van der Waals surface area contributed by atoms with Crippen LogP contribution in [-0.4, -0.2) is 43.4 Å². The van der Waals surface area contributed by atoms with Gasteiger partial charge in [-0.05, 0) is 18.2 Å². The summed E-state index contributed by atoms with van der Waals surface area (Å²) in [6, 6.07) is 1.74. The fraction of sp³-hybridized carbons (Fsp3) is 0.364. The quantitative estimate of drug-likeness (QED) is 0.435. The Morgan fingerprint density at radius 2 is 1.83 bits per heavy atom. The maximum absolute atomic E-state index is 10.8. The number of thiol groups is 1. The Kier molecular flexibility index (Phi) is 4.83. The molecule has 0 bridgehead atoms. The third kappa shape index (κ3) is 3.06. The average Bonchev–Trinajstić information content (AvgIpc) is 2.28. The molecule has 0 saturated heterocycles. The molecule has 0 aliphatic rings. The van der Waals surface area contributed by atoms with E-state index in [1.807, 2.05) is 0 Å². The summed E-state index contributed by atoms with van der Waals surface area (Å²) in [6.07, 6.45) is -2.46. The molecule has 0 aromatic heterocycles. The summed E-state index contributed by atoms with van der Waals surface area (Å²) in [6.45, 7) is 0. The minimum Gasteiger partial charge on any atom is -0.507 e. The van der Waals surface area contributed by atoms with Gasteiger partial charge >= 0.3 is 5.97 Å². The molecular weight excluding hydrogens is 260 g/mol. The second kappa shape index (κ2) is 5.94. The van der Waals surface area contributed by atoms with Crippen LogP contribution in [0.4, 0.5) is 0 Å². The van der Waals surface area contributed by atoms with Crippen molar-refractivity contribution in [3.63, 3.8) is 0 Å². The number of benzene rings is 1. The lowest BCUT2D eigenvalue weighted by Gasteiger charge is -2.19. The van der Waals surface area contributed by atoms with Crippen molar-refractivity contribution >= 4 is 18.6 Å². The number of carboxylic acid groups (broad SMARTS) is 1. The van der Waals surface area contributed by atoms with Crippen molar-refractivity contribution in [2.75, 3.05) is 5.75 Å². The van der Waals surface area contributed by atoms with Crippen LogP contribution in [0.2, 0.25) is 0 Å². The van der Waals surface area contributed by atoms with Crippen LogP contribution in [0.15, 0.2) is 12.1 Å². The van der Waals surface area contributed by atoms with Gasteiger partial charge in [-0.2, -0.15) is 12.6 Å². The second-order valence-corrected chi connectivity index (χ2v) is 4.21. The largest absolute Gasteiger partial charge is 0.507 e. The highest BCUT2D eigenvalue weighted by Gasteiger charge is 2.24. The zero-order valence-electron chi connectivity index (χ0n) is 9.32. The van der Waals surface area contributed by atoms with Crippen LogP contribution in [-0.2, 0) is 0 Å². The molecule has 1 aromatic rings. The van der Waals surface area contributed by atoms with Crippen molar-refractivity contribution < 1.29 is 30.3 Å². The van der Waals surface area contributed by atoms with Gasteiger partial charge < -0.3 is 25.5 Å². The molecule has 2 atom stereocenters. The summed E-state index contributed by atoms with van der Waals surface area (Å²) < 4.78 is 0. The molecule has 0 fully saturated rings. The molecule has 0 aliphatic carbocycles. The molecule has 1 aromatic carbocycles. The van der Waals surface area contributed by atoms with E-state index < -0.39 is 35.2 Å². The number of carbonyl (C=O) groups is 1. The standard InChI is InChI=1S/C11H14O6S/c12-7(1-2-18)10(15)5-3-6(11(16)17)9(14)4-8(5)13/h3-4,7,10,12-15,18H,1-2H2,(H,16,17). The lowest BCUT2D eigenvalue weighted by Crippen LogP contribution is -2.19. The molecule has 2 unspecified atom stereocenters. The molecule has 6 nitrogen and oxygen atoms in total. The number of aromatic hydroxyl groups is 2. The summed E-state index contributed by atoms with van der Waals surface area (Å²) in [5, 5.41) is 47.0. The summed E-state index contributed by atoms with van der Waals surface area (Å²) in [7, 11) is 0. The highest BCUT2D eigenvalue weighted by atomic mass is 32.1. The Morgan fingerprint density at radius 3 is 2.33 bits per heavy atom. The van der Waals surface area contributed by atoms with Crippen LogP contribution in [0.3, 0.4) is 0 Å². The van der Waals surface area contributed by atoms with Gasteiger partial charge in [0.05, 0.1) is 6.10 Å². The fourth-order valence-corrected chi connectivity index (χ4v) is 1.76. The Bertz CT molecular complexity index is 447. The van der Waals surface area contributed by atoms with E-state index in [4.69, 9.17) is 5.11 Å². The maximum atomic E-state index is 10.8. The first-order chi connectivity index (χ1) is 8.38. The highest BCUT2D eigenvalue weighted by Crippen LogP contribution is 2.33. The number of aromatic carboxylic acids is 1. The molecule has 18 heavy (non-hydrogen) atoms. The zero-order chi connectivity index (χ0) is 13.9. The van der Waals surface area contributed by atoms with Gasteiger partial charge in [0.2, 0.25) is 0 Å². The SMILES string of the molecule is O=C(O)c1cc(C(O)C(O)CCS)c(O)cc1O. The van der Waals surface area contributed by atoms with E-state index in [1.165, 1.54) is 0 Å². The molecule has 7 heteroatoms. The van der Waals surface area contributed by atoms with E-state index in [1.54, 1.807) is 0 Å². The van der Waals surface area contributed by atoms with Crippen LogP contribution in [0.5, 0.6) is 11.5 Å². The first kappa shape index (κ1) is 14.6. The predicted octanol–water partition coefficient (Wildman–Crippen LogP) is 0.510. The average molecular weight is 274 g/mol. The smallest absolute Gasteiger partial charge is 0.339 e. The number of aliphatic hydroxyl groups is 2. The molecule has 0 heterocycles. The molecule has 0 spiro atoms. The van der Waals surface area contributed by atoms with Gasteiger partial charge in [-0.15, -0.1) is 0 Å². The topological polar surface area (TPSA) is 118 Å². The molecular formula is C11H14O6S. The van der Waals surface area contributed by atoms with Crippen LogP contribution in [0, 0.1) is 0 Å². The Hall–Kier alpha value is -1.44. The van der Waals surface area contributed by atoms with Crippen LogP contribution in [0.1, 0.15) is 28.4 Å². The molecule has 5 N–H and O–H groups in total. The molecule has 100 valence electrons. The Labute approximate surface area is 109 Å². The van der Waals surface area contributed by atoms with Gasteiger partial charge in [-0.3, -0.25) is 0 Å². The van der Waals surface area contributed by atoms with Crippen molar-refractivity contribution in [3.05, 3.63) is 23.3 Å². The van der Waals surface area contributed by atoms with E-state index >= 15 is 0 Å². The first-order valence-electron chi connectivity index (χ1n) is 5.14. The normalized spacial score (nSPS) is 14.2. The van der Waals surface area contributed by atoms with E-state index in [0.717, 1.165) is 12.1 Å². The van der Waals surface area contributed by atoms with Gasteiger partial charge in [-0.1, -0.05) is 0 Å². The van der Waals surface area contributed by atoms with Gasteiger partial charge in [0, 0.05) is 11.6 Å². The fourth-order valence-electron chi connectivity index (χ4n) is 1.50. The van der Waals surface area contributed by atoms with Crippen molar-refractivity contribution in [2.45, 2.75) is 18.6 Å². The summed E-state index contributed by atoms with van der Waals surface area (Å²) in [4.78, 5) is 10.8. The van der Waals surface area contributed by atoms with Gasteiger partial charge in [0.1, 0.15) is 23.2 Å². The van der Waals surface area contributed by atoms with Crippen LogP contribution in [0.25, 0.3) is 0 Å². The van der Waals surface area contributed by atoms with Crippen molar-refractivity contribution in [3.8, 4) is 11.5 Å². The number of hydrogen-bond acceptors (Lipinski definition) is 6. The third-order valence-electron chi connectivity index (χ3n) is 2.48. The predicted molar refractivity (Wildman–Crippen MR) is 66.2 cm³/mol. The minimum atomic E-state index is -1.45. The highest BCUT2D eigenvalue weighted by molar-refractivity contribution is 7.80. The lowest BCUT2D eigenvalue weighted by molar-refractivity contribution is 0.0158. The van der Waals surface area contributed by atoms with Crippen LogP contribution >= 0.6 is 12.6 Å². The van der Waals surface area contributed by atoms with E-state index in [9.17, 15) is 25.2 Å². The summed E-state index contributed by atoms with van der Waals surface area (Å²) in [5.74, 6) is -2.17. The molecule has 0 saturated carbocycles. The van der Waals surface area contributed by atoms with Crippen LogP contribution < -0.4 is 0 Å². The zero-order valence-corrected chi connectivity index (χ0v) is 10.2. The number of phenolic OH excluding ortho intramolecular Hbond substituents is 1. The number of carboxylic acids is 1. The summed E-state index contributed by atoms with van der Waals surface area (Å²) >= 11 is 3.89. The monoisotopic (exact) mass is 274 g/mol. The molecule has 0 radical (unpaired) electrons. The number of hydrogen-bond donors (Lipinski definition) is 6. The third-order valence-corrected chi connectivity index (χ3v) is 2.74. The lowest BCUT2D eigenvalue weighted by atomic mass is 9.99. The molecule has 0 aliphatic heterocycles. The molecule has 1 rings (SSSR count). The van der Waals surface area contributed by atoms with E-state index in [0.29, 0.717) is 5.75 Å². The number of phenols is 2. The van der Waals surface area contributed by atoms with Gasteiger partial charge in [0.25, 0.3) is 0 Å². The van der Waals surface area contributed by atoms with Crippen molar-refractivity contribution in [1.29, 1.82) is 0 Å². The van der Waals surface area contributed by atoms with Gasteiger partial charge in [0.15, 0.2) is 0 Å². The second-order valence-electron chi connectivity index (χ2n) is 3.76. The molecule has 0 amide bonds.